The van der Waals surface area contributed by atoms with Crippen molar-refractivity contribution in [3.05, 3.63) is 66.4 Å². The summed E-state index contributed by atoms with van der Waals surface area (Å²) in [5, 5.41) is 3.70. The standard InChI is InChI=1S/C20H21N3O3S/c1-14(2)23(3)27(25,26)17-11-9-16(10-12-17)21-20(24)19-13-8-15-6-4-5-7-18(15)22-19/h4-14H,1-3H3,(H,21,24). The SMILES string of the molecule is CC(C)N(C)S(=O)(=O)c1ccc(NC(=O)c2ccc3ccccc3n2)cc1. The highest BCUT2D eigenvalue weighted by Crippen LogP contribution is 2.20. The number of amides is 1. The number of carbonyl (C=O) groups is 1. The predicted molar refractivity (Wildman–Crippen MR) is 106 cm³/mol. The zero-order chi connectivity index (χ0) is 19.6. The second kappa shape index (κ2) is 7.46. The number of para-hydroxylation sites is 1. The van der Waals surface area contributed by atoms with E-state index in [2.05, 4.69) is 10.3 Å². The van der Waals surface area contributed by atoms with E-state index in [-0.39, 0.29) is 16.8 Å². The molecule has 0 aliphatic carbocycles. The quantitative estimate of drug-likeness (QED) is 0.731. The van der Waals surface area contributed by atoms with Crippen LogP contribution in [0.25, 0.3) is 10.9 Å². The highest BCUT2D eigenvalue weighted by molar-refractivity contribution is 7.89. The van der Waals surface area contributed by atoms with Crippen molar-refractivity contribution in [3.63, 3.8) is 0 Å². The summed E-state index contributed by atoms with van der Waals surface area (Å²) in [4.78, 5) is 17.0. The molecule has 6 nitrogen and oxygen atoms in total. The van der Waals surface area contributed by atoms with Crippen LogP contribution in [0, 0.1) is 0 Å². The molecular formula is C20H21N3O3S. The number of nitrogens with one attached hydrogen (secondary N) is 1. The van der Waals surface area contributed by atoms with Gasteiger partial charge in [-0.1, -0.05) is 24.3 Å². The van der Waals surface area contributed by atoms with Crippen LogP contribution < -0.4 is 5.32 Å². The molecule has 0 unspecified atom stereocenters. The van der Waals surface area contributed by atoms with E-state index in [1.54, 1.807) is 25.2 Å². The molecule has 1 aromatic heterocycles. The van der Waals surface area contributed by atoms with Gasteiger partial charge in [0.15, 0.2) is 0 Å². The van der Waals surface area contributed by atoms with Crippen molar-refractivity contribution in [2.45, 2.75) is 24.8 Å². The van der Waals surface area contributed by atoms with E-state index < -0.39 is 10.0 Å². The third kappa shape index (κ3) is 3.99. The maximum atomic E-state index is 12.5. The predicted octanol–water partition coefficient (Wildman–Crippen LogP) is 3.52. The zero-order valence-electron chi connectivity index (χ0n) is 15.4. The van der Waals surface area contributed by atoms with Gasteiger partial charge in [0.05, 0.1) is 10.4 Å². The molecule has 140 valence electrons. The van der Waals surface area contributed by atoms with E-state index in [1.165, 1.54) is 16.4 Å². The van der Waals surface area contributed by atoms with E-state index in [0.29, 0.717) is 11.4 Å². The average molecular weight is 383 g/mol. The number of hydrogen-bond acceptors (Lipinski definition) is 4. The minimum atomic E-state index is -3.55. The minimum Gasteiger partial charge on any atom is -0.321 e. The van der Waals surface area contributed by atoms with Gasteiger partial charge in [0, 0.05) is 24.2 Å². The molecule has 27 heavy (non-hydrogen) atoms. The Morgan fingerprint density at radius 2 is 1.67 bits per heavy atom. The molecule has 1 N–H and O–H groups in total. The fraction of sp³-hybridized carbons (Fsp3) is 0.200. The van der Waals surface area contributed by atoms with Gasteiger partial charge in [-0.2, -0.15) is 4.31 Å². The number of pyridine rings is 1. The normalized spacial score (nSPS) is 11.9. The molecule has 0 aliphatic heterocycles. The fourth-order valence-electron chi connectivity index (χ4n) is 2.54. The lowest BCUT2D eigenvalue weighted by Crippen LogP contribution is -2.33. The van der Waals surface area contributed by atoms with Crippen molar-refractivity contribution in [1.82, 2.24) is 9.29 Å². The molecule has 0 radical (unpaired) electrons. The molecule has 0 atom stereocenters. The van der Waals surface area contributed by atoms with Crippen molar-refractivity contribution in [2.24, 2.45) is 0 Å². The average Bonchev–Trinajstić information content (AvgIpc) is 2.67. The van der Waals surface area contributed by atoms with Gasteiger partial charge in [-0.25, -0.2) is 13.4 Å². The molecule has 0 saturated carbocycles. The Labute approximate surface area is 158 Å². The first-order chi connectivity index (χ1) is 12.8. The molecule has 1 amide bonds. The number of nitrogens with zero attached hydrogens (tertiary/aromatic N) is 2. The van der Waals surface area contributed by atoms with E-state index >= 15 is 0 Å². The molecule has 7 heteroatoms. The van der Waals surface area contributed by atoms with Crippen LogP contribution in [-0.2, 0) is 10.0 Å². The summed E-state index contributed by atoms with van der Waals surface area (Å²) in [6.07, 6.45) is 0. The Hall–Kier alpha value is -2.77. The molecular weight excluding hydrogens is 362 g/mol. The van der Waals surface area contributed by atoms with Crippen molar-refractivity contribution < 1.29 is 13.2 Å². The summed E-state index contributed by atoms with van der Waals surface area (Å²) in [5.74, 6) is -0.351. The van der Waals surface area contributed by atoms with Gasteiger partial charge in [0.25, 0.3) is 5.91 Å². The van der Waals surface area contributed by atoms with Crippen LogP contribution in [0.4, 0.5) is 5.69 Å². The summed E-state index contributed by atoms with van der Waals surface area (Å²) < 4.78 is 26.3. The summed E-state index contributed by atoms with van der Waals surface area (Å²) in [5.41, 5.74) is 1.54. The molecule has 3 aromatic rings. The van der Waals surface area contributed by atoms with Gasteiger partial charge in [-0.3, -0.25) is 4.79 Å². The summed E-state index contributed by atoms with van der Waals surface area (Å²) >= 11 is 0. The topological polar surface area (TPSA) is 79.4 Å². The lowest BCUT2D eigenvalue weighted by molar-refractivity contribution is 0.102. The largest absolute Gasteiger partial charge is 0.321 e. The van der Waals surface area contributed by atoms with Gasteiger partial charge in [-0.05, 0) is 50.2 Å². The monoisotopic (exact) mass is 383 g/mol. The number of benzene rings is 2. The van der Waals surface area contributed by atoms with Crippen LogP contribution in [0.3, 0.4) is 0 Å². The Bertz CT molecular complexity index is 1080. The van der Waals surface area contributed by atoms with Crippen LogP contribution in [-0.4, -0.2) is 36.7 Å². The number of sulfonamides is 1. The molecule has 0 fully saturated rings. The number of aromatic nitrogens is 1. The van der Waals surface area contributed by atoms with E-state index in [0.717, 1.165) is 10.9 Å². The number of fused-ring (bicyclic) bond motifs is 1. The van der Waals surface area contributed by atoms with Gasteiger partial charge in [0.2, 0.25) is 10.0 Å². The highest BCUT2D eigenvalue weighted by atomic mass is 32.2. The van der Waals surface area contributed by atoms with Crippen molar-refractivity contribution >= 4 is 32.5 Å². The maximum Gasteiger partial charge on any atom is 0.274 e. The van der Waals surface area contributed by atoms with Crippen LogP contribution in [0.5, 0.6) is 0 Å². The van der Waals surface area contributed by atoms with Crippen molar-refractivity contribution in [3.8, 4) is 0 Å². The lowest BCUT2D eigenvalue weighted by atomic mass is 10.2. The third-order valence-electron chi connectivity index (χ3n) is 4.35. The van der Waals surface area contributed by atoms with Crippen LogP contribution in [0.1, 0.15) is 24.3 Å². The van der Waals surface area contributed by atoms with Crippen LogP contribution >= 0.6 is 0 Å². The second-order valence-corrected chi connectivity index (χ2v) is 8.48. The first-order valence-corrected chi connectivity index (χ1v) is 9.98. The van der Waals surface area contributed by atoms with E-state index in [4.69, 9.17) is 0 Å². The summed E-state index contributed by atoms with van der Waals surface area (Å²) in [6.45, 7) is 3.62. The third-order valence-corrected chi connectivity index (χ3v) is 6.40. The lowest BCUT2D eigenvalue weighted by Gasteiger charge is -2.21. The number of hydrogen-bond donors (Lipinski definition) is 1. The molecule has 1 heterocycles. The van der Waals surface area contributed by atoms with E-state index in [9.17, 15) is 13.2 Å². The van der Waals surface area contributed by atoms with Crippen molar-refractivity contribution in [2.75, 3.05) is 12.4 Å². The first-order valence-electron chi connectivity index (χ1n) is 8.54. The van der Waals surface area contributed by atoms with Crippen LogP contribution in [0.15, 0.2) is 65.6 Å². The van der Waals surface area contributed by atoms with Gasteiger partial charge in [0.1, 0.15) is 5.69 Å². The molecule has 2 aromatic carbocycles. The molecule has 0 aliphatic rings. The van der Waals surface area contributed by atoms with Crippen LogP contribution in [0.2, 0.25) is 0 Å². The number of rotatable bonds is 5. The van der Waals surface area contributed by atoms with Gasteiger partial charge < -0.3 is 5.32 Å². The van der Waals surface area contributed by atoms with Crippen molar-refractivity contribution in [1.29, 1.82) is 0 Å². The van der Waals surface area contributed by atoms with E-state index in [1.807, 2.05) is 44.2 Å². The Kier molecular flexibility index (Phi) is 5.25. The Morgan fingerprint density at radius 1 is 1.00 bits per heavy atom. The molecule has 0 saturated heterocycles. The zero-order valence-corrected chi connectivity index (χ0v) is 16.2. The number of carbonyl (C=O) groups excluding carboxylic acids is 1. The number of anilines is 1. The Morgan fingerprint density at radius 3 is 2.33 bits per heavy atom. The molecule has 0 spiro atoms. The first kappa shape index (κ1) is 19.0. The summed E-state index contributed by atoms with van der Waals surface area (Å²) in [6, 6.07) is 17.0. The summed E-state index contributed by atoms with van der Waals surface area (Å²) in [7, 11) is -2.01. The molecule has 3 rings (SSSR count). The minimum absolute atomic E-state index is 0.145. The second-order valence-electron chi connectivity index (χ2n) is 6.48. The Balaban J connectivity index is 1.78. The van der Waals surface area contributed by atoms with Gasteiger partial charge >= 0.3 is 0 Å². The van der Waals surface area contributed by atoms with Gasteiger partial charge in [-0.15, -0.1) is 0 Å². The molecule has 0 bridgehead atoms. The maximum absolute atomic E-state index is 12.5. The fourth-order valence-corrected chi connectivity index (χ4v) is 3.91. The smallest absolute Gasteiger partial charge is 0.274 e. The highest BCUT2D eigenvalue weighted by Gasteiger charge is 2.22.